The fourth-order valence-electron chi connectivity index (χ4n) is 1.84. The molecule has 0 aliphatic heterocycles. The van der Waals surface area contributed by atoms with Gasteiger partial charge in [-0.2, -0.15) is 0 Å². The molecule has 0 saturated carbocycles. The monoisotopic (exact) mass is 321 g/mol. The number of hydrogen-bond donors (Lipinski definition) is 0. The number of hydrogen-bond acceptors (Lipinski definition) is 3. The molecule has 0 aromatic heterocycles. The van der Waals surface area contributed by atoms with Crippen LogP contribution in [0.4, 0.5) is 5.69 Å². The zero-order chi connectivity index (χ0) is 15.6. The van der Waals surface area contributed by atoms with E-state index in [1.165, 1.54) is 29.5 Å². The molecule has 0 N–H and O–H groups in total. The summed E-state index contributed by atoms with van der Waals surface area (Å²) in [4.78, 5) is 12.1. The number of benzene rings is 2. The second-order valence-corrected chi connectivity index (χ2v) is 7.27. The number of non-ortho nitro benzene ring substituents is 1. The highest BCUT2D eigenvalue weighted by Gasteiger charge is 2.14. The summed E-state index contributed by atoms with van der Waals surface area (Å²) in [5, 5.41) is 11.1. The van der Waals surface area contributed by atoms with E-state index in [0.717, 1.165) is 9.79 Å². The van der Waals surface area contributed by atoms with Crippen LogP contribution in [0.3, 0.4) is 0 Å². The molecule has 0 heterocycles. The van der Waals surface area contributed by atoms with Crippen LogP contribution in [-0.4, -0.2) is 4.92 Å². The molecule has 0 bridgehead atoms. The van der Waals surface area contributed by atoms with E-state index < -0.39 is 4.92 Å². The molecule has 0 fully saturated rings. The van der Waals surface area contributed by atoms with E-state index >= 15 is 0 Å². The first-order valence-electron chi connectivity index (χ1n) is 6.50. The van der Waals surface area contributed by atoms with Gasteiger partial charge in [0.05, 0.1) is 9.95 Å². The predicted molar refractivity (Wildman–Crippen MR) is 87.4 cm³/mol. The Labute approximate surface area is 133 Å². The summed E-state index contributed by atoms with van der Waals surface area (Å²) in [6, 6.07) is 12.8. The standard InChI is InChI=1S/C16H16ClNO2S/c1-16(2,3)11-4-7-13(8-5-11)21-15-9-6-12(18(19)20)10-14(15)17/h4-10H,1-3H3. The van der Waals surface area contributed by atoms with Crippen LogP contribution in [0.2, 0.25) is 5.02 Å². The molecule has 0 amide bonds. The van der Waals surface area contributed by atoms with Gasteiger partial charge in [0.25, 0.3) is 5.69 Å². The zero-order valence-electron chi connectivity index (χ0n) is 12.1. The molecule has 0 saturated heterocycles. The second kappa shape index (κ2) is 6.08. The third-order valence-electron chi connectivity index (χ3n) is 3.07. The van der Waals surface area contributed by atoms with Gasteiger partial charge in [-0.05, 0) is 29.2 Å². The molecule has 0 aliphatic carbocycles. The van der Waals surface area contributed by atoms with Crippen molar-refractivity contribution in [3.05, 3.63) is 63.2 Å². The van der Waals surface area contributed by atoms with Gasteiger partial charge in [0.2, 0.25) is 0 Å². The topological polar surface area (TPSA) is 43.1 Å². The summed E-state index contributed by atoms with van der Waals surface area (Å²) in [6.07, 6.45) is 0. The lowest BCUT2D eigenvalue weighted by atomic mass is 9.87. The predicted octanol–water partition coefficient (Wildman–Crippen LogP) is 5.70. The van der Waals surface area contributed by atoms with Gasteiger partial charge >= 0.3 is 0 Å². The van der Waals surface area contributed by atoms with Crippen LogP contribution in [0, 0.1) is 10.1 Å². The Morgan fingerprint density at radius 2 is 1.71 bits per heavy atom. The first-order chi connectivity index (χ1) is 9.77. The van der Waals surface area contributed by atoms with Crippen LogP contribution < -0.4 is 0 Å². The Morgan fingerprint density at radius 3 is 2.19 bits per heavy atom. The molecule has 2 rings (SSSR count). The van der Waals surface area contributed by atoms with E-state index in [1.807, 2.05) is 12.1 Å². The Bertz CT molecular complexity index is 663. The Balaban J connectivity index is 2.20. The summed E-state index contributed by atoms with van der Waals surface area (Å²) < 4.78 is 0. The highest BCUT2D eigenvalue weighted by molar-refractivity contribution is 7.99. The van der Waals surface area contributed by atoms with Crippen LogP contribution in [0.15, 0.2) is 52.3 Å². The Hall–Kier alpha value is -1.52. The van der Waals surface area contributed by atoms with Gasteiger partial charge in [-0.25, -0.2) is 0 Å². The van der Waals surface area contributed by atoms with Crippen LogP contribution in [0.5, 0.6) is 0 Å². The number of halogens is 1. The number of nitrogens with zero attached hydrogens (tertiary/aromatic N) is 1. The average Bonchev–Trinajstić information content (AvgIpc) is 2.40. The van der Waals surface area contributed by atoms with Gasteiger partial charge in [0, 0.05) is 21.9 Å². The minimum Gasteiger partial charge on any atom is -0.258 e. The maximum absolute atomic E-state index is 10.7. The third kappa shape index (κ3) is 3.99. The lowest BCUT2D eigenvalue weighted by Gasteiger charge is -2.19. The maximum Gasteiger partial charge on any atom is 0.270 e. The molecular formula is C16H16ClNO2S. The minimum atomic E-state index is -0.446. The smallest absolute Gasteiger partial charge is 0.258 e. The Morgan fingerprint density at radius 1 is 1.10 bits per heavy atom. The molecule has 110 valence electrons. The summed E-state index contributed by atoms with van der Waals surface area (Å²) in [6.45, 7) is 6.51. The minimum absolute atomic E-state index is 0.00688. The van der Waals surface area contributed by atoms with Gasteiger partial charge in [0.15, 0.2) is 0 Å². The van der Waals surface area contributed by atoms with Crippen LogP contribution in [0.25, 0.3) is 0 Å². The molecule has 0 aliphatic rings. The molecule has 0 atom stereocenters. The first kappa shape index (κ1) is 15.9. The van der Waals surface area contributed by atoms with Gasteiger partial charge in [-0.1, -0.05) is 56.3 Å². The average molecular weight is 322 g/mol. The van der Waals surface area contributed by atoms with Crippen molar-refractivity contribution < 1.29 is 4.92 Å². The van der Waals surface area contributed by atoms with Gasteiger partial charge in [-0.3, -0.25) is 10.1 Å². The van der Waals surface area contributed by atoms with Gasteiger partial charge in [-0.15, -0.1) is 0 Å². The highest BCUT2D eigenvalue weighted by Crippen LogP contribution is 2.36. The zero-order valence-corrected chi connectivity index (χ0v) is 13.7. The molecular weight excluding hydrogens is 306 g/mol. The van der Waals surface area contributed by atoms with Crippen molar-refractivity contribution in [2.24, 2.45) is 0 Å². The molecule has 0 radical (unpaired) electrons. The third-order valence-corrected chi connectivity index (χ3v) is 4.58. The summed E-state index contributed by atoms with van der Waals surface area (Å²) in [7, 11) is 0. The van der Waals surface area contributed by atoms with Crippen molar-refractivity contribution in [3.63, 3.8) is 0 Å². The van der Waals surface area contributed by atoms with Crippen molar-refractivity contribution in [2.75, 3.05) is 0 Å². The van der Waals surface area contributed by atoms with Crippen LogP contribution in [0.1, 0.15) is 26.3 Å². The molecule has 3 nitrogen and oxygen atoms in total. The molecule has 0 unspecified atom stereocenters. The quantitative estimate of drug-likeness (QED) is 0.538. The SMILES string of the molecule is CC(C)(C)c1ccc(Sc2ccc([N+](=O)[O-])cc2Cl)cc1. The van der Waals surface area contributed by atoms with Crippen LogP contribution >= 0.6 is 23.4 Å². The van der Waals surface area contributed by atoms with E-state index in [4.69, 9.17) is 11.6 Å². The van der Waals surface area contributed by atoms with Gasteiger partial charge < -0.3 is 0 Å². The van der Waals surface area contributed by atoms with E-state index in [0.29, 0.717) is 5.02 Å². The molecule has 21 heavy (non-hydrogen) atoms. The van der Waals surface area contributed by atoms with E-state index in [-0.39, 0.29) is 11.1 Å². The van der Waals surface area contributed by atoms with E-state index in [2.05, 4.69) is 32.9 Å². The fourth-order valence-corrected chi connectivity index (χ4v) is 2.95. The summed E-state index contributed by atoms with van der Waals surface area (Å²) >= 11 is 7.60. The van der Waals surface area contributed by atoms with Gasteiger partial charge in [0.1, 0.15) is 0 Å². The maximum atomic E-state index is 10.7. The summed E-state index contributed by atoms with van der Waals surface area (Å²) in [5.41, 5.74) is 1.39. The molecule has 5 heteroatoms. The van der Waals surface area contributed by atoms with Crippen LogP contribution in [-0.2, 0) is 5.41 Å². The largest absolute Gasteiger partial charge is 0.270 e. The summed E-state index contributed by atoms with van der Waals surface area (Å²) in [5.74, 6) is 0. The highest BCUT2D eigenvalue weighted by atomic mass is 35.5. The molecule has 0 spiro atoms. The first-order valence-corrected chi connectivity index (χ1v) is 7.69. The van der Waals surface area contributed by atoms with Crippen molar-refractivity contribution in [1.29, 1.82) is 0 Å². The van der Waals surface area contributed by atoms with E-state index in [1.54, 1.807) is 6.07 Å². The molecule has 2 aromatic carbocycles. The second-order valence-electron chi connectivity index (χ2n) is 5.75. The van der Waals surface area contributed by atoms with Crippen molar-refractivity contribution in [3.8, 4) is 0 Å². The number of nitro groups is 1. The van der Waals surface area contributed by atoms with E-state index in [9.17, 15) is 10.1 Å². The van der Waals surface area contributed by atoms with Crippen molar-refractivity contribution in [1.82, 2.24) is 0 Å². The Kier molecular flexibility index (Phi) is 4.59. The van der Waals surface area contributed by atoms with Crippen molar-refractivity contribution in [2.45, 2.75) is 36.0 Å². The molecule has 2 aromatic rings. The number of nitro benzene ring substituents is 1. The number of rotatable bonds is 3. The lowest BCUT2D eigenvalue weighted by Crippen LogP contribution is -2.10. The fraction of sp³-hybridized carbons (Fsp3) is 0.250. The normalized spacial score (nSPS) is 11.4. The van der Waals surface area contributed by atoms with Crippen molar-refractivity contribution >= 4 is 29.1 Å². The lowest BCUT2D eigenvalue weighted by molar-refractivity contribution is -0.384.